The van der Waals surface area contributed by atoms with E-state index in [2.05, 4.69) is 10.5 Å². The van der Waals surface area contributed by atoms with Crippen molar-refractivity contribution < 1.29 is 15.0 Å². The number of rotatable bonds is 4. The molecule has 0 atom stereocenters. The Hall–Kier alpha value is -2.04. The van der Waals surface area contributed by atoms with Crippen molar-refractivity contribution in [2.45, 2.75) is 20.3 Å². The lowest BCUT2D eigenvalue weighted by Crippen LogP contribution is -2.17. The number of hydrazone groups is 1. The minimum Gasteiger partial charge on any atom is -0.508 e. The molecule has 0 fully saturated rings. The van der Waals surface area contributed by atoms with Gasteiger partial charge < -0.3 is 10.2 Å². The quantitative estimate of drug-likeness (QED) is 0.424. The van der Waals surface area contributed by atoms with Gasteiger partial charge in [0.15, 0.2) is 0 Å². The number of aromatic hydroxyl groups is 2. The second-order valence-electron chi connectivity index (χ2n) is 4.08. The summed E-state index contributed by atoms with van der Waals surface area (Å²) in [5.41, 5.74) is 2.27. The fraction of sp³-hybridized carbons (Fsp3) is 0.333. The van der Waals surface area contributed by atoms with Gasteiger partial charge in [0.25, 0.3) is 5.91 Å². The SMILES string of the molecule is CC(C)C/C=N/NC(=O)c1cc(O)ccc1O. The van der Waals surface area contributed by atoms with Crippen molar-refractivity contribution in [2.75, 3.05) is 0 Å². The number of phenols is 2. The molecule has 92 valence electrons. The molecule has 5 heteroatoms. The minimum atomic E-state index is -0.557. The highest BCUT2D eigenvalue weighted by molar-refractivity contribution is 5.97. The maximum Gasteiger partial charge on any atom is 0.275 e. The molecule has 0 saturated heterocycles. The van der Waals surface area contributed by atoms with Gasteiger partial charge in [0.05, 0.1) is 5.56 Å². The van der Waals surface area contributed by atoms with E-state index in [9.17, 15) is 15.0 Å². The van der Waals surface area contributed by atoms with Crippen LogP contribution in [0.25, 0.3) is 0 Å². The first-order valence-corrected chi connectivity index (χ1v) is 5.34. The standard InChI is InChI=1S/C12H16N2O3/c1-8(2)5-6-13-14-12(17)10-7-9(15)3-4-11(10)16/h3-4,6-8,15-16H,5H2,1-2H3,(H,14,17)/b13-6+. The Kier molecular flexibility index (Phi) is 4.51. The van der Waals surface area contributed by atoms with Gasteiger partial charge in [-0.25, -0.2) is 5.43 Å². The van der Waals surface area contributed by atoms with Crippen LogP contribution in [-0.2, 0) is 0 Å². The Morgan fingerprint density at radius 2 is 2.18 bits per heavy atom. The molecule has 0 bridgehead atoms. The van der Waals surface area contributed by atoms with Crippen LogP contribution in [0.3, 0.4) is 0 Å². The van der Waals surface area contributed by atoms with Crippen LogP contribution in [0.4, 0.5) is 0 Å². The Morgan fingerprint density at radius 1 is 1.47 bits per heavy atom. The number of carbonyl (C=O) groups excluding carboxylic acids is 1. The first-order chi connectivity index (χ1) is 8.00. The molecule has 1 amide bonds. The number of carbonyl (C=O) groups is 1. The molecular weight excluding hydrogens is 220 g/mol. The summed E-state index contributed by atoms with van der Waals surface area (Å²) in [5.74, 6) is -0.373. The Bertz CT molecular complexity index is 428. The van der Waals surface area contributed by atoms with E-state index in [0.29, 0.717) is 5.92 Å². The number of benzene rings is 1. The molecule has 17 heavy (non-hydrogen) atoms. The molecule has 3 N–H and O–H groups in total. The first-order valence-electron chi connectivity index (χ1n) is 5.34. The fourth-order valence-corrected chi connectivity index (χ4v) is 1.13. The highest BCUT2D eigenvalue weighted by Gasteiger charge is 2.10. The van der Waals surface area contributed by atoms with Gasteiger partial charge in [-0.05, 0) is 30.5 Å². The van der Waals surface area contributed by atoms with Crippen molar-refractivity contribution in [1.82, 2.24) is 5.43 Å². The monoisotopic (exact) mass is 236 g/mol. The van der Waals surface area contributed by atoms with Crippen molar-refractivity contribution in [3.8, 4) is 11.5 Å². The summed E-state index contributed by atoms with van der Waals surface area (Å²) in [6.45, 7) is 4.07. The summed E-state index contributed by atoms with van der Waals surface area (Å²) in [4.78, 5) is 11.6. The predicted molar refractivity (Wildman–Crippen MR) is 65.2 cm³/mol. The maximum atomic E-state index is 11.6. The van der Waals surface area contributed by atoms with Crippen LogP contribution in [0.1, 0.15) is 30.6 Å². The van der Waals surface area contributed by atoms with E-state index in [-0.39, 0.29) is 17.1 Å². The van der Waals surface area contributed by atoms with Gasteiger partial charge in [-0.3, -0.25) is 4.79 Å². The summed E-state index contributed by atoms with van der Waals surface area (Å²) in [6.07, 6.45) is 2.36. The molecule has 1 aromatic carbocycles. The van der Waals surface area contributed by atoms with Crippen LogP contribution >= 0.6 is 0 Å². The molecule has 1 rings (SSSR count). The van der Waals surface area contributed by atoms with Gasteiger partial charge in [0.1, 0.15) is 11.5 Å². The lowest BCUT2D eigenvalue weighted by Gasteiger charge is -2.03. The highest BCUT2D eigenvalue weighted by atomic mass is 16.3. The summed E-state index contributed by atoms with van der Waals surface area (Å²) >= 11 is 0. The molecule has 0 aliphatic rings. The number of phenolic OH excluding ortho intramolecular Hbond substituents is 2. The van der Waals surface area contributed by atoms with Gasteiger partial charge in [-0.2, -0.15) is 5.10 Å². The molecule has 0 aromatic heterocycles. The average molecular weight is 236 g/mol. The van der Waals surface area contributed by atoms with Crippen LogP contribution in [0.5, 0.6) is 11.5 Å². The largest absolute Gasteiger partial charge is 0.508 e. The summed E-state index contributed by atoms with van der Waals surface area (Å²) < 4.78 is 0. The Labute approximate surface area is 99.8 Å². The third-order valence-corrected chi connectivity index (χ3v) is 2.06. The topological polar surface area (TPSA) is 81.9 Å². The van der Waals surface area contributed by atoms with Gasteiger partial charge in [0, 0.05) is 6.21 Å². The van der Waals surface area contributed by atoms with Crippen molar-refractivity contribution >= 4 is 12.1 Å². The molecule has 0 unspecified atom stereocenters. The third kappa shape index (κ3) is 4.14. The molecule has 0 saturated carbocycles. The Balaban J connectivity index is 2.64. The highest BCUT2D eigenvalue weighted by Crippen LogP contribution is 2.21. The zero-order chi connectivity index (χ0) is 12.8. The van der Waals surface area contributed by atoms with E-state index in [1.807, 2.05) is 13.8 Å². The Morgan fingerprint density at radius 3 is 2.82 bits per heavy atom. The molecule has 0 aliphatic heterocycles. The van der Waals surface area contributed by atoms with Crippen LogP contribution in [0, 0.1) is 5.92 Å². The van der Waals surface area contributed by atoms with Crippen molar-refractivity contribution in [1.29, 1.82) is 0 Å². The van der Waals surface area contributed by atoms with Gasteiger partial charge in [-0.1, -0.05) is 13.8 Å². The van der Waals surface area contributed by atoms with E-state index >= 15 is 0 Å². The summed E-state index contributed by atoms with van der Waals surface area (Å²) in [7, 11) is 0. The van der Waals surface area contributed by atoms with Gasteiger partial charge in [-0.15, -0.1) is 0 Å². The number of nitrogens with zero attached hydrogens (tertiary/aromatic N) is 1. The van der Waals surface area contributed by atoms with E-state index < -0.39 is 5.91 Å². The zero-order valence-corrected chi connectivity index (χ0v) is 9.84. The number of hydrogen-bond acceptors (Lipinski definition) is 4. The second-order valence-corrected chi connectivity index (χ2v) is 4.08. The minimum absolute atomic E-state index is 0.00769. The molecule has 1 aromatic rings. The van der Waals surface area contributed by atoms with E-state index in [1.165, 1.54) is 18.2 Å². The molecule has 0 heterocycles. The molecule has 0 radical (unpaired) electrons. The van der Waals surface area contributed by atoms with E-state index in [0.717, 1.165) is 6.42 Å². The van der Waals surface area contributed by atoms with Crippen molar-refractivity contribution in [2.24, 2.45) is 11.0 Å². The summed E-state index contributed by atoms with van der Waals surface area (Å²) in [6, 6.07) is 3.73. The first kappa shape index (κ1) is 13.0. The van der Waals surface area contributed by atoms with Gasteiger partial charge >= 0.3 is 0 Å². The van der Waals surface area contributed by atoms with Crippen LogP contribution in [0.15, 0.2) is 23.3 Å². The lowest BCUT2D eigenvalue weighted by molar-refractivity contribution is 0.0952. The normalized spacial score (nSPS) is 11.0. The molecule has 5 nitrogen and oxygen atoms in total. The van der Waals surface area contributed by atoms with Crippen LogP contribution in [-0.4, -0.2) is 22.3 Å². The molecule has 0 aliphatic carbocycles. The molecular formula is C12H16N2O3. The number of nitrogens with one attached hydrogen (secondary N) is 1. The van der Waals surface area contributed by atoms with Crippen LogP contribution in [0.2, 0.25) is 0 Å². The van der Waals surface area contributed by atoms with Crippen LogP contribution < -0.4 is 5.43 Å². The maximum absolute atomic E-state index is 11.6. The predicted octanol–water partition coefficient (Wildman–Crippen LogP) is 1.86. The van der Waals surface area contributed by atoms with E-state index in [4.69, 9.17) is 0 Å². The third-order valence-electron chi connectivity index (χ3n) is 2.06. The molecule has 0 spiro atoms. The number of amides is 1. The average Bonchev–Trinajstić information content (AvgIpc) is 2.27. The van der Waals surface area contributed by atoms with Gasteiger partial charge in [0.2, 0.25) is 0 Å². The zero-order valence-electron chi connectivity index (χ0n) is 9.84. The van der Waals surface area contributed by atoms with Crippen molar-refractivity contribution in [3.63, 3.8) is 0 Å². The number of hydrogen-bond donors (Lipinski definition) is 3. The lowest BCUT2D eigenvalue weighted by atomic mass is 10.1. The van der Waals surface area contributed by atoms with E-state index in [1.54, 1.807) is 6.21 Å². The second kappa shape index (κ2) is 5.89. The summed E-state index contributed by atoms with van der Waals surface area (Å²) in [5, 5.41) is 22.4. The smallest absolute Gasteiger partial charge is 0.275 e. The van der Waals surface area contributed by atoms with Crippen molar-refractivity contribution in [3.05, 3.63) is 23.8 Å². The fourth-order valence-electron chi connectivity index (χ4n) is 1.13.